The Kier molecular flexibility index (Phi) is 0.862. The van der Waals surface area contributed by atoms with Crippen molar-refractivity contribution in [3.63, 3.8) is 0 Å². The Morgan fingerprint density at radius 3 is 2.86 bits per heavy atom. The van der Waals surface area contributed by atoms with Gasteiger partial charge in [-0.05, 0) is 12.2 Å². The molecule has 0 spiro atoms. The van der Waals surface area contributed by atoms with Crippen LogP contribution in [0.4, 0.5) is 0 Å². The molecule has 0 saturated carbocycles. The summed E-state index contributed by atoms with van der Waals surface area (Å²) in [7, 11) is 0. The number of rotatable bonds is 0. The van der Waals surface area contributed by atoms with E-state index in [1.165, 1.54) is 0 Å². The third kappa shape index (κ3) is 0.627. The smallest absolute Gasteiger partial charge is 0.0661 e. The van der Waals surface area contributed by atoms with Gasteiger partial charge >= 0.3 is 0 Å². The predicted molar refractivity (Wildman–Crippen MR) is 29.6 cm³/mol. The van der Waals surface area contributed by atoms with E-state index in [1.807, 2.05) is 12.2 Å². The molecule has 0 bridgehead atoms. The number of hydrogen-bond donors (Lipinski definition) is 0. The molecule has 1 aliphatic carbocycles. The van der Waals surface area contributed by atoms with Crippen LogP contribution in [-0.2, 0) is 0 Å². The van der Waals surface area contributed by atoms with E-state index in [-0.39, 0.29) is 0 Å². The van der Waals surface area contributed by atoms with Crippen LogP contribution in [0.3, 0.4) is 0 Å². The summed E-state index contributed by atoms with van der Waals surface area (Å²) in [4.78, 5) is 0. The van der Waals surface area contributed by atoms with Gasteiger partial charge in [0.25, 0.3) is 0 Å². The highest BCUT2D eigenvalue weighted by Gasteiger charge is 1.82. The van der Waals surface area contributed by atoms with E-state index < -0.39 is 0 Å². The van der Waals surface area contributed by atoms with Gasteiger partial charge in [-0.25, -0.2) is 0 Å². The fourth-order valence-corrected chi connectivity index (χ4v) is 0.420. The lowest BCUT2D eigenvalue weighted by Crippen LogP contribution is -1.57. The molecule has 0 unspecified atom stereocenters. The Hall–Kier alpha value is -1.18. The second-order valence-corrected chi connectivity index (χ2v) is 1.23. The van der Waals surface area contributed by atoms with E-state index in [1.54, 1.807) is 6.08 Å². The molecular weight excluding hydrogens is 84.1 g/mol. The van der Waals surface area contributed by atoms with Crippen molar-refractivity contribution in [3.05, 3.63) is 29.5 Å². The molecule has 1 rings (SSSR count). The molecule has 0 atom stereocenters. The van der Waals surface area contributed by atoms with Crippen LogP contribution >= 0.6 is 0 Å². The molecule has 0 heteroatoms. The lowest BCUT2D eigenvalue weighted by Gasteiger charge is -1.69. The summed E-state index contributed by atoms with van der Waals surface area (Å²) in [6.45, 7) is 0. The quantitative estimate of drug-likeness (QED) is 0.309. The van der Waals surface area contributed by atoms with Crippen LogP contribution in [0.2, 0.25) is 0 Å². The van der Waals surface area contributed by atoms with Crippen LogP contribution in [0.25, 0.3) is 0 Å². The molecule has 0 N–H and O–H groups in total. The molecule has 32 valence electrons. The van der Waals surface area contributed by atoms with Gasteiger partial charge in [0.15, 0.2) is 0 Å². The zero-order chi connectivity index (χ0) is 5.11. The molecule has 1 aliphatic rings. The topological polar surface area (TPSA) is 0 Å². The van der Waals surface area contributed by atoms with Crippen molar-refractivity contribution in [2.45, 2.75) is 0 Å². The van der Waals surface area contributed by atoms with Gasteiger partial charge in [-0.3, -0.25) is 0 Å². The van der Waals surface area contributed by atoms with Crippen LogP contribution < -0.4 is 0 Å². The van der Waals surface area contributed by atoms with Crippen LogP contribution in [0.5, 0.6) is 0 Å². The average Bonchev–Trinajstić information content (AvgIpc) is 2.14. The van der Waals surface area contributed by atoms with Gasteiger partial charge in [-0.15, -0.1) is 12.2 Å². The fourth-order valence-electron chi connectivity index (χ4n) is 0.420. The summed E-state index contributed by atoms with van der Waals surface area (Å²) in [5.41, 5.74) is 3.68. The minimum Gasteiger partial charge on any atom is -0.114 e. The summed E-state index contributed by atoms with van der Waals surface area (Å²) >= 11 is 0. The maximum Gasteiger partial charge on any atom is 0.0661 e. The van der Waals surface area contributed by atoms with Gasteiger partial charge in [-0.1, -0.05) is 12.0 Å². The minimum absolute atomic E-state index is 0.833. The van der Waals surface area contributed by atoms with Crippen molar-refractivity contribution in [2.75, 3.05) is 0 Å². The van der Waals surface area contributed by atoms with Crippen molar-refractivity contribution in [2.24, 2.45) is 0 Å². The van der Waals surface area contributed by atoms with Gasteiger partial charge in [0.05, 0.1) is 5.57 Å². The van der Waals surface area contributed by atoms with Crippen LogP contribution in [0.15, 0.2) is 29.5 Å². The van der Waals surface area contributed by atoms with Crippen LogP contribution in [-0.4, -0.2) is 0 Å². The Morgan fingerprint density at radius 1 is 1.71 bits per heavy atom. The van der Waals surface area contributed by atoms with Crippen LogP contribution in [0.1, 0.15) is 0 Å². The highest BCUT2D eigenvalue weighted by atomic mass is 13.8. The summed E-state index contributed by atoms with van der Waals surface area (Å²) < 4.78 is 0. The zero-order valence-corrected chi connectivity index (χ0v) is 3.81. The van der Waals surface area contributed by atoms with Crippen molar-refractivity contribution >= 4 is 0 Å². The van der Waals surface area contributed by atoms with E-state index in [4.69, 9.17) is 6.42 Å². The molecule has 7 heavy (non-hydrogen) atoms. The maximum atomic E-state index is 5.01. The van der Waals surface area contributed by atoms with Gasteiger partial charge in [-0.2, -0.15) is 0 Å². The van der Waals surface area contributed by atoms with Crippen molar-refractivity contribution in [1.29, 1.82) is 0 Å². The second-order valence-electron chi connectivity index (χ2n) is 1.23. The molecule has 0 aromatic carbocycles. The van der Waals surface area contributed by atoms with Crippen molar-refractivity contribution < 1.29 is 0 Å². The fraction of sp³-hybridized carbons (Fsp3) is 0. The van der Waals surface area contributed by atoms with Gasteiger partial charge < -0.3 is 0 Å². The molecule has 0 radical (unpaired) electrons. The maximum absolute atomic E-state index is 5.01. The van der Waals surface area contributed by atoms with Crippen molar-refractivity contribution in [1.82, 2.24) is 0 Å². The first kappa shape index (κ1) is 3.99. The third-order valence-electron chi connectivity index (χ3n) is 0.753. The Bertz CT molecular complexity index is 193. The van der Waals surface area contributed by atoms with E-state index in [9.17, 15) is 0 Å². The molecule has 0 nitrogen and oxygen atoms in total. The molecule has 0 aromatic rings. The highest BCUT2D eigenvalue weighted by Crippen LogP contribution is 1.97. The lowest BCUT2D eigenvalue weighted by molar-refractivity contribution is 1.89. The molecule has 0 fully saturated rings. The first-order valence-electron chi connectivity index (χ1n) is 2.03. The first-order chi connectivity index (χ1) is 3.43. The highest BCUT2D eigenvalue weighted by molar-refractivity contribution is 5.41. The van der Waals surface area contributed by atoms with E-state index in [2.05, 4.69) is 11.7 Å². The minimum atomic E-state index is 0.833. The normalized spacial score (nSPS) is 13.9. The number of terminal acetylenes is 1. The second kappa shape index (κ2) is 1.51. The molecule has 0 aromatic heterocycles. The predicted octanol–water partition coefficient (Wildman–Crippen LogP) is 1.27. The molecule has 0 aliphatic heterocycles. The summed E-state index contributed by atoms with van der Waals surface area (Å²) in [5.74, 6) is 2.45. The van der Waals surface area contributed by atoms with E-state index in [0.29, 0.717) is 0 Å². The standard InChI is InChI=1S/C7H4/c1-2-7-5-3-4-6-7/h1,3-5H. The van der Waals surface area contributed by atoms with E-state index >= 15 is 0 Å². The number of hydrogen-bond acceptors (Lipinski definition) is 0. The first-order valence-corrected chi connectivity index (χ1v) is 2.03. The third-order valence-corrected chi connectivity index (χ3v) is 0.753. The van der Waals surface area contributed by atoms with E-state index in [0.717, 1.165) is 5.57 Å². The number of allylic oxidation sites excluding steroid dienone is 3. The summed E-state index contributed by atoms with van der Waals surface area (Å²) in [6, 6.07) is 0. The molecule has 0 amide bonds. The SMILES string of the molecule is C#CC1=C=CC=C1. The average molecular weight is 88.1 g/mol. The largest absolute Gasteiger partial charge is 0.114 e. The molecule has 0 saturated heterocycles. The Balaban J connectivity index is 2.99. The monoisotopic (exact) mass is 88.0 g/mol. The lowest BCUT2D eigenvalue weighted by atomic mass is 10.3. The Morgan fingerprint density at radius 2 is 2.57 bits per heavy atom. The molecule has 0 heterocycles. The van der Waals surface area contributed by atoms with Crippen molar-refractivity contribution in [3.8, 4) is 12.3 Å². The zero-order valence-electron chi connectivity index (χ0n) is 3.81. The van der Waals surface area contributed by atoms with Crippen LogP contribution in [0, 0.1) is 12.3 Å². The van der Waals surface area contributed by atoms with Gasteiger partial charge in [0.2, 0.25) is 0 Å². The van der Waals surface area contributed by atoms with Gasteiger partial charge in [0, 0.05) is 0 Å². The summed E-state index contributed by atoms with van der Waals surface area (Å²) in [6.07, 6.45) is 10.5. The Labute approximate surface area is 42.9 Å². The molecular formula is C7H4. The summed E-state index contributed by atoms with van der Waals surface area (Å²) in [5, 5.41) is 0. The van der Waals surface area contributed by atoms with Gasteiger partial charge in [0.1, 0.15) is 0 Å².